The molecule has 0 heterocycles. The Kier molecular flexibility index (Phi) is 5.30. The molecule has 18 heavy (non-hydrogen) atoms. The van der Waals surface area contributed by atoms with E-state index in [1.807, 2.05) is 30.3 Å². The number of sulfonamides is 1. The van der Waals surface area contributed by atoms with E-state index in [4.69, 9.17) is 0 Å². The van der Waals surface area contributed by atoms with Crippen molar-refractivity contribution in [3.63, 3.8) is 0 Å². The second kappa shape index (κ2) is 6.51. The van der Waals surface area contributed by atoms with Crippen LogP contribution in [0.5, 0.6) is 0 Å². The number of amides is 1. The van der Waals surface area contributed by atoms with Crippen molar-refractivity contribution in [3.05, 3.63) is 35.9 Å². The molecule has 0 aromatic heterocycles. The average molecular weight is 270 g/mol. The first-order valence-electron chi connectivity index (χ1n) is 5.71. The third-order valence-electron chi connectivity index (χ3n) is 2.39. The third kappa shape index (κ3) is 4.85. The van der Waals surface area contributed by atoms with Crippen molar-refractivity contribution in [1.82, 2.24) is 10.0 Å². The molecule has 0 spiro atoms. The van der Waals surface area contributed by atoms with Crippen LogP contribution >= 0.6 is 0 Å². The molecule has 0 saturated carbocycles. The highest BCUT2D eigenvalue weighted by Crippen LogP contribution is 1.97. The van der Waals surface area contributed by atoms with Gasteiger partial charge >= 0.3 is 0 Å². The zero-order chi connectivity index (χ0) is 13.6. The van der Waals surface area contributed by atoms with Gasteiger partial charge in [-0.15, -0.1) is 0 Å². The van der Waals surface area contributed by atoms with Gasteiger partial charge in [0.2, 0.25) is 15.9 Å². The zero-order valence-corrected chi connectivity index (χ0v) is 11.3. The van der Waals surface area contributed by atoms with Gasteiger partial charge in [-0.1, -0.05) is 30.3 Å². The summed E-state index contributed by atoms with van der Waals surface area (Å²) in [5, 5.41) is 2.10. The number of benzene rings is 1. The lowest BCUT2D eigenvalue weighted by Crippen LogP contribution is -2.39. The molecule has 6 heteroatoms. The molecular weight excluding hydrogens is 252 g/mol. The van der Waals surface area contributed by atoms with Gasteiger partial charge in [-0.2, -0.15) is 0 Å². The fourth-order valence-corrected chi connectivity index (χ4v) is 1.86. The highest BCUT2D eigenvalue weighted by atomic mass is 32.2. The highest BCUT2D eigenvalue weighted by Gasteiger charge is 2.16. The van der Waals surface area contributed by atoms with Crippen LogP contribution in [0.15, 0.2) is 30.3 Å². The molecule has 5 nitrogen and oxygen atoms in total. The van der Waals surface area contributed by atoms with E-state index in [9.17, 15) is 13.2 Å². The van der Waals surface area contributed by atoms with Crippen LogP contribution in [0.4, 0.5) is 0 Å². The molecule has 0 unspecified atom stereocenters. The predicted molar refractivity (Wildman–Crippen MR) is 70.3 cm³/mol. The van der Waals surface area contributed by atoms with Gasteiger partial charge in [0.25, 0.3) is 0 Å². The third-order valence-corrected chi connectivity index (χ3v) is 4.17. The molecule has 0 aliphatic rings. The van der Waals surface area contributed by atoms with Crippen molar-refractivity contribution < 1.29 is 13.2 Å². The number of rotatable bonds is 6. The van der Waals surface area contributed by atoms with Gasteiger partial charge in [-0.25, -0.2) is 13.1 Å². The smallest absolute Gasteiger partial charge is 0.235 e. The number of nitrogens with one attached hydrogen (secondary N) is 2. The highest BCUT2D eigenvalue weighted by molar-refractivity contribution is 7.90. The molecule has 0 bridgehead atoms. The summed E-state index contributed by atoms with van der Waals surface area (Å²) in [6.45, 7) is 3.28. The van der Waals surface area contributed by atoms with Crippen LogP contribution < -0.4 is 10.0 Å². The first kappa shape index (κ1) is 14.7. The minimum absolute atomic E-state index is 0.229. The first-order valence-corrected chi connectivity index (χ1v) is 7.25. The molecule has 0 fully saturated rings. The summed E-state index contributed by atoms with van der Waals surface area (Å²) >= 11 is 0. The lowest BCUT2D eigenvalue weighted by atomic mass is 10.2. The van der Waals surface area contributed by atoms with Crippen LogP contribution in [-0.4, -0.2) is 26.1 Å². The van der Waals surface area contributed by atoms with Crippen LogP contribution in [0.25, 0.3) is 0 Å². The maximum Gasteiger partial charge on any atom is 0.235 e. The number of hydrogen-bond acceptors (Lipinski definition) is 3. The summed E-state index contributed by atoms with van der Waals surface area (Å²) in [4.78, 5) is 11.4. The second-order valence-electron chi connectivity index (χ2n) is 4.18. The fraction of sp³-hybridized carbons (Fsp3) is 0.417. The molecule has 100 valence electrons. The standard InChI is InChI=1S/C12H18N2O3S/c1-10(2)18(16,17)14-9-12(15)13-8-11-6-4-3-5-7-11/h3-7,10,14H,8-9H2,1-2H3,(H,13,15). The minimum atomic E-state index is -3.39. The normalized spacial score (nSPS) is 11.5. The van der Waals surface area contributed by atoms with Crippen LogP contribution in [0, 0.1) is 0 Å². The summed E-state index contributed by atoms with van der Waals surface area (Å²) in [5.74, 6) is -0.344. The Bertz CT molecular complexity index is 483. The Morgan fingerprint density at radius 3 is 2.39 bits per heavy atom. The predicted octanol–water partition coefficient (Wildman–Crippen LogP) is 0.631. The van der Waals surface area contributed by atoms with Crippen molar-refractivity contribution in [2.24, 2.45) is 0 Å². The average Bonchev–Trinajstić information content (AvgIpc) is 2.35. The number of carbonyl (C=O) groups excluding carboxylic acids is 1. The Morgan fingerprint density at radius 1 is 1.22 bits per heavy atom. The van der Waals surface area contributed by atoms with Gasteiger partial charge in [-0.05, 0) is 19.4 Å². The molecular formula is C12H18N2O3S. The number of carbonyl (C=O) groups is 1. The van der Waals surface area contributed by atoms with Crippen molar-refractivity contribution in [1.29, 1.82) is 0 Å². The Labute approximate surface area is 108 Å². The van der Waals surface area contributed by atoms with E-state index in [2.05, 4.69) is 10.0 Å². The van der Waals surface area contributed by atoms with E-state index in [-0.39, 0.29) is 12.5 Å². The van der Waals surface area contributed by atoms with E-state index >= 15 is 0 Å². The Balaban J connectivity index is 2.35. The van der Waals surface area contributed by atoms with E-state index < -0.39 is 15.3 Å². The topological polar surface area (TPSA) is 75.3 Å². The van der Waals surface area contributed by atoms with E-state index in [0.717, 1.165) is 5.56 Å². The summed E-state index contributed by atoms with van der Waals surface area (Å²) in [6.07, 6.45) is 0. The summed E-state index contributed by atoms with van der Waals surface area (Å²) < 4.78 is 25.1. The van der Waals surface area contributed by atoms with Gasteiger partial charge in [0, 0.05) is 6.54 Å². The lowest BCUT2D eigenvalue weighted by molar-refractivity contribution is -0.120. The van der Waals surface area contributed by atoms with Crippen LogP contribution in [0.2, 0.25) is 0 Å². The van der Waals surface area contributed by atoms with Crippen molar-refractivity contribution in [2.45, 2.75) is 25.6 Å². The molecule has 1 rings (SSSR count). The quantitative estimate of drug-likeness (QED) is 0.796. The maximum atomic E-state index is 11.4. The second-order valence-corrected chi connectivity index (χ2v) is 6.50. The van der Waals surface area contributed by atoms with Crippen molar-refractivity contribution in [2.75, 3.05) is 6.54 Å². The molecule has 2 N–H and O–H groups in total. The number of hydrogen-bond donors (Lipinski definition) is 2. The molecule has 1 amide bonds. The molecule has 0 saturated heterocycles. The molecule has 1 aromatic carbocycles. The minimum Gasteiger partial charge on any atom is -0.351 e. The molecule has 0 radical (unpaired) electrons. The van der Waals surface area contributed by atoms with Crippen molar-refractivity contribution in [3.8, 4) is 0 Å². The SMILES string of the molecule is CC(C)S(=O)(=O)NCC(=O)NCc1ccccc1. The monoisotopic (exact) mass is 270 g/mol. The first-order chi connectivity index (χ1) is 8.42. The van der Waals surface area contributed by atoms with Crippen LogP contribution in [0.1, 0.15) is 19.4 Å². The Morgan fingerprint density at radius 2 is 1.83 bits per heavy atom. The van der Waals surface area contributed by atoms with E-state index in [1.54, 1.807) is 13.8 Å². The molecule has 0 aliphatic heterocycles. The van der Waals surface area contributed by atoms with E-state index in [1.165, 1.54) is 0 Å². The largest absolute Gasteiger partial charge is 0.351 e. The maximum absolute atomic E-state index is 11.4. The van der Waals surface area contributed by atoms with Gasteiger partial charge in [-0.3, -0.25) is 4.79 Å². The van der Waals surface area contributed by atoms with Crippen LogP contribution in [0.3, 0.4) is 0 Å². The molecule has 1 aromatic rings. The fourth-order valence-electron chi connectivity index (χ4n) is 1.19. The van der Waals surface area contributed by atoms with Gasteiger partial charge in [0.05, 0.1) is 11.8 Å². The summed E-state index contributed by atoms with van der Waals surface area (Å²) in [5.41, 5.74) is 0.970. The van der Waals surface area contributed by atoms with Crippen molar-refractivity contribution >= 4 is 15.9 Å². The summed E-state index contributed by atoms with van der Waals surface area (Å²) in [7, 11) is -3.39. The molecule has 0 aliphatic carbocycles. The lowest BCUT2D eigenvalue weighted by Gasteiger charge is -2.09. The van der Waals surface area contributed by atoms with Gasteiger partial charge in [0.1, 0.15) is 0 Å². The summed E-state index contributed by atoms with van der Waals surface area (Å²) in [6, 6.07) is 9.42. The van der Waals surface area contributed by atoms with E-state index in [0.29, 0.717) is 6.54 Å². The van der Waals surface area contributed by atoms with Crippen LogP contribution in [-0.2, 0) is 21.4 Å². The van der Waals surface area contributed by atoms with Gasteiger partial charge < -0.3 is 5.32 Å². The zero-order valence-electron chi connectivity index (χ0n) is 10.5. The van der Waals surface area contributed by atoms with Gasteiger partial charge in [0.15, 0.2) is 0 Å². The Hall–Kier alpha value is -1.40. The molecule has 0 atom stereocenters.